The molecule has 0 aromatic carbocycles. The monoisotopic (exact) mass is 358 g/mol. The summed E-state index contributed by atoms with van der Waals surface area (Å²) < 4.78 is 42.0. The van der Waals surface area contributed by atoms with E-state index >= 15 is 0 Å². The predicted octanol–water partition coefficient (Wildman–Crippen LogP) is -0.900. The number of hydrogen-bond donors (Lipinski definition) is 5. The summed E-state index contributed by atoms with van der Waals surface area (Å²) >= 11 is 0.385. The summed E-state index contributed by atoms with van der Waals surface area (Å²) in [6.45, 7) is -0.654. The van der Waals surface area contributed by atoms with Crippen LogP contribution in [0.1, 0.15) is 9.67 Å². The number of ether oxygens (including phenoxy) is 1. The number of nitrogens with one attached hydrogen (secondary N) is 1. The number of aromatic nitrogens is 1. The SMILES string of the molecule is O=C(c1cnc(NC2OC(CO)C(O)C(O)C2O)s1)C(F)(F)F. The molecule has 5 unspecified atom stereocenters. The van der Waals surface area contributed by atoms with Gasteiger partial charge in [0.15, 0.2) is 11.4 Å². The van der Waals surface area contributed by atoms with E-state index in [9.17, 15) is 33.3 Å². The highest BCUT2D eigenvalue weighted by atomic mass is 32.1. The van der Waals surface area contributed by atoms with Crippen LogP contribution in [0.5, 0.6) is 0 Å². The molecule has 1 aliphatic rings. The Bertz CT molecular complexity index is 566. The molecule has 12 heteroatoms. The number of carbonyl (C=O) groups excluding carboxylic acids is 1. The van der Waals surface area contributed by atoms with Crippen LogP contribution in [-0.4, -0.2) is 74.6 Å². The smallest absolute Gasteiger partial charge is 0.394 e. The van der Waals surface area contributed by atoms with Crippen molar-refractivity contribution in [3.05, 3.63) is 11.1 Å². The van der Waals surface area contributed by atoms with Gasteiger partial charge in [0.25, 0.3) is 5.78 Å². The van der Waals surface area contributed by atoms with Crippen LogP contribution in [0.4, 0.5) is 18.3 Å². The van der Waals surface area contributed by atoms with E-state index in [2.05, 4.69) is 10.3 Å². The first-order valence-corrected chi connectivity index (χ1v) is 7.11. The number of Topliss-reactive ketones (excluding diaryl/α,β-unsaturated/α-hetero) is 1. The average Bonchev–Trinajstić information content (AvgIpc) is 2.94. The lowest BCUT2D eigenvalue weighted by molar-refractivity contribution is -0.221. The first-order chi connectivity index (χ1) is 10.6. The van der Waals surface area contributed by atoms with Crippen LogP contribution < -0.4 is 5.32 Å². The lowest BCUT2D eigenvalue weighted by Gasteiger charge is -2.40. The number of carbonyl (C=O) groups is 1. The highest BCUT2D eigenvalue weighted by Gasteiger charge is 2.44. The van der Waals surface area contributed by atoms with Crippen molar-refractivity contribution in [2.75, 3.05) is 11.9 Å². The van der Waals surface area contributed by atoms with Gasteiger partial charge in [0, 0.05) is 0 Å². The lowest BCUT2D eigenvalue weighted by Crippen LogP contribution is -2.60. The summed E-state index contributed by atoms with van der Waals surface area (Å²) in [6, 6.07) is 0. The number of halogens is 3. The molecule has 0 aliphatic carbocycles. The van der Waals surface area contributed by atoms with Crippen molar-refractivity contribution in [1.82, 2.24) is 4.98 Å². The number of nitrogens with zero attached hydrogens (tertiary/aromatic N) is 1. The van der Waals surface area contributed by atoms with Crippen LogP contribution in [0.3, 0.4) is 0 Å². The van der Waals surface area contributed by atoms with E-state index in [0.717, 1.165) is 0 Å². The largest absolute Gasteiger partial charge is 0.455 e. The van der Waals surface area contributed by atoms with Gasteiger partial charge in [-0.2, -0.15) is 13.2 Å². The molecule has 2 rings (SSSR count). The quantitative estimate of drug-likeness (QED) is 0.438. The van der Waals surface area contributed by atoms with E-state index in [1.54, 1.807) is 0 Å². The Morgan fingerprint density at radius 2 is 1.96 bits per heavy atom. The van der Waals surface area contributed by atoms with Gasteiger partial charge in [0.1, 0.15) is 29.3 Å². The Hall–Kier alpha value is -1.31. The van der Waals surface area contributed by atoms with E-state index in [-0.39, 0.29) is 5.13 Å². The zero-order valence-corrected chi connectivity index (χ0v) is 12.1. The van der Waals surface area contributed by atoms with E-state index in [4.69, 9.17) is 9.84 Å². The third-order valence-electron chi connectivity index (χ3n) is 3.14. The van der Waals surface area contributed by atoms with Crippen molar-refractivity contribution in [3.63, 3.8) is 0 Å². The summed E-state index contributed by atoms with van der Waals surface area (Å²) in [4.78, 5) is 14.0. The van der Waals surface area contributed by atoms with E-state index < -0.39 is 54.1 Å². The molecule has 8 nitrogen and oxygen atoms in total. The van der Waals surface area contributed by atoms with Gasteiger partial charge in [-0.15, -0.1) is 0 Å². The topological polar surface area (TPSA) is 132 Å². The van der Waals surface area contributed by atoms with E-state index in [1.807, 2.05) is 0 Å². The fourth-order valence-electron chi connectivity index (χ4n) is 1.93. The molecule has 0 amide bonds. The molecule has 1 aliphatic heterocycles. The average molecular weight is 358 g/mol. The summed E-state index contributed by atoms with van der Waals surface area (Å²) in [5.41, 5.74) is 0. The van der Waals surface area contributed by atoms with Gasteiger partial charge in [-0.3, -0.25) is 4.79 Å². The van der Waals surface area contributed by atoms with Crippen molar-refractivity contribution >= 4 is 22.3 Å². The summed E-state index contributed by atoms with van der Waals surface area (Å²) in [7, 11) is 0. The van der Waals surface area contributed by atoms with Gasteiger partial charge in [-0.1, -0.05) is 11.3 Å². The van der Waals surface area contributed by atoms with Crippen LogP contribution in [0.2, 0.25) is 0 Å². The van der Waals surface area contributed by atoms with Crippen molar-refractivity contribution in [1.29, 1.82) is 0 Å². The van der Waals surface area contributed by atoms with Crippen LogP contribution in [0.15, 0.2) is 6.20 Å². The molecule has 0 radical (unpaired) electrons. The van der Waals surface area contributed by atoms with Gasteiger partial charge in [0.2, 0.25) is 0 Å². The van der Waals surface area contributed by atoms with Crippen molar-refractivity contribution in [3.8, 4) is 0 Å². The Morgan fingerprint density at radius 1 is 1.30 bits per heavy atom. The predicted molar refractivity (Wildman–Crippen MR) is 69.9 cm³/mol. The first kappa shape index (κ1) is 18.0. The minimum atomic E-state index is -5.03. The molecule has 5 N–H and O–H groups in total. The first-order valence-electron chi connectivity index (χ1n) is 6.29. The van der Waals surface area contributed by atoms with Gasteiger partial charge in [-0.25, -0.2) is 4.98 Å². The molecule has 1 fully saturated rings. The fraction of sp³-hybridized carbons (Fsp3) is 0.636. The lowest BCUT2D eigenvalue weighted by atomic mass is 9.98. The van der Waals surface area contributed by atoms with Gasteiger partial charge < -0.3 is 30.5 Å². The second-order valence-corrected chi connectivity index (χ2v) is 5.78. The number of aliphatic hydroxyl groups is 4. The number of rotatable bonds is 4. The summed E-state index contributed by atoms with van der Waals surface area (Å²) in [5, 5.41) is 40.2. The fourth-order valence-corrected chi connectivity index (χ4v) is 2.73. The normalized spacial score (nSPS) is 31.9. The molecule has 1 saturated heterocycles. The number of alkyl halides is 3. The van der Waals surface area contributed by atoms with E-state index in [0.29, 0.717) is 17.5 Å². The molecule has 0 saturated carbocycles. The second-order valence-electron chi connectivity index (χ2n) is 4.75. The Morgan fingerprint density at radius 3 is 2.52 bits per heavy atom. The van der Waals surface area contributed by atoms with Crippen LogP contribution in [0.25, 0.3) is 0 Å². The number of anilines is 1. The molecule has 130 valence electrons. The maximum atomic E-state index is 12.3. The third kappa shape index (κ3) is 3.79. The van der Waals surface area contributed by atoms with Crippen LogP contribution in [0, 0.1) is 0 Å². The molecule has 0 bridgehead atoms. The zero-order valence-electron chi connectivity index (χ0n) is 11.3. The standard InChI is InChI=1S/C11H13F3N2O6S/c12-11(13,14)8(21)4-1-15-10(23-4)16-9-7(20)6(19)5(18)3(2-17)22-9/h1,3,5-7,9,17-20H,2H2,(H,15,16). The molecule has 23 heavy (non-hydrogen) atoms. The minimum Gasteiger partial charge on any atom is -0.394 e. The molecular weight excluding hydrogens is 345 g/mol. The van der Waals surface area contributed by atoms with Gasteiger partial charge >= 0.3 is 6.18 Å². The molecule has 1 aromatic heterocycles. The number of thiazole rings is 1. The highest BCUT2D eigenvalue weighted by Crippen LogP contribution is 2.29. The summed E-state index contributed by atoms with van der Waals surface area (Å²) in [5.74, 6) is -2.06. The van der Waals surface area contributed by atoms with Gasteiger partial charge in [-0.05, 0) is 0 Å². The number of hydrogen-bond acceptors (Lipinski definition) is 9. The van der Waals surface area contributed by atoms with Crippen molar-refractivity contribution < 1.29 is 43.1 Å². The Kier molecular flexibility index (Phi) is 5.23. The van der Waals surface area contributed by atoms with Crippen LogP contribution >= 0.6 is 11.3 Å². The second kappa shape index (κ2) is 6.67. The molecule has 5 atom stereocenters. The number of aliphatic hydroxyl groups excluding tert-OH is 4. The number of ketones is 1. The Balaban J connectivity index is 2.10. The van der Waals surface area contributed by atoms with Gasteiger partial charge in [0.05, 0.1) is 12.8 Å². The zero-order chi connectivity index (χ0) is 17.4. The minimum absolute atomic E-state index is 0.165. The van der Waals surface area contributed by atoms with E-state index in [1.165, 1.54) is 0 Å². The van der Waals surface area contributed by atoms with Crippen LogP contribution in [-0.2, 0) is 4.74 Å². The van der Waals surface area contributed by atoms with Crippen molar-refractivity contribution in [2.45, 2.75) is 36.8 Å². The highest BCUT2D eigenvalue weighted by molar-refractivity contribution is 7.17. The molecule has 0 spiro atoms. The summed E-state index contributed by atoms with van der Waals surface area (Å²) in [6.07, 6.45) is -11.7. The molecule has 1 aromatic rings. The molecule has 2 heterocycles. The maximum Gasteiger partial charge on any atom is 0.455 e. The third-order valence-corrected chi connectivity index (χ3v) is 4.07. The maximum absolute atomic E-state index is 12.3. The Labute approximate surface area is 131 Å². The van der Waals surface area contributed by atoms with Crippen molar-refractivity contribution in [2.24, 2.45) is 0 Å². The molecular formula is C11H13F3N2O6S.